The number of hydrogen-bond acceptors (Lipinski definition) is 5. The van der Waals surface area contributed by atoms with Gasteiger partial charge in [-0.2, -0.15) is 0 Å². The first-order valence-electron chi connectivity index (χ1n) is 9.07. The van der Waals surface area contributed by atoms with Crippen LogP contribution in [0.15, 0.2) is 48.2 Å². The van der Waals surface area contributed by atoms with Crippen molar-refractivity contribution in [3.63, 3.8) is 0 Å². The van der Waals surface area contributed by atoms with E-state index in [4.69, 9.17) is 4.74 Å². The molecule has 1 heterocycles. The van der Waals surface area contributed by atoms with Gasteiger partial charge >= 0.3 is 0 Å². The second kappa shape index (κ2) is 8.32. The monoisotopic (exact) mass is 413 g/mol. The molecule has 1 unspecified atom stereocenters. The number of rotatable bonds is 5. The van der Waals surface area contributed by atoms with Crippen LogP contribution in [0.3, 0.4) is 0 Å². The molecule has 0 spiro atoms. The van der Waals surface area contributed by atoms with Gasteiger partial charge in [0.25, 0.3) is 11.6 Å². The summed E-state index contributed by atoms with van der Waals surface area (Å²) in [6, 6.07) is 9.23. The van der Waals surface area contributed by atoms with Gasteiger partial charge in [-0.25, -0.2) is 4.39 Å². The summed E-state index contributed by atoms with van der Waals surface area (Å²) in [5, 5.41) is 11.4. The van der Waals surface area contributed by atoms with Gasteiger partial charge in [0.2, 0.25) is 5.91 Å². The van der Waals surface area contributed by atoms with Crippen molar-refractivity contribution in [3.05, 3.63) is 75.2 Å². The lowest BCUT2D eigenvalue weighted by molar-refractivity contribution is -0.385. The molecule has 1 saturated heterocycles. The summed E-state index contributed by atoms with van der Waals surface area (Å²) in [7, 11) is 4.30. The molecule has 8 nitrogen and oxygen atoms in total. The van der Waals surface area contributed by atoms with Gasteiger partial charge in [0.15, 0.2) is 0 Å². The van der Waals surface area contributed by atoms with Gasteiger partial charge < -0.3 is 14.5 Å². The number of hydrogen-bond donors (Lipinski definition) is 0. The van der Waals surface area contributed by atoms with Crippen LogP contribution < -0.4 is 4.74 Å². The zero-order chi connectivity index (χ0) is 22.0. The lowest BCUT2D eigenvalue weighted by atomic mass is 9.99. The Bertz CT molecular complexity index is 1040. The van der Waals surface area contributed by atoms with Gasteiger partial charge in [-0.3, -0.25) is 19.7 Å². The Morgan fingerprint density at radius 3 is 2.43 bits per heavy atom. The standard InChI is InChI=1S/C21H20FN3O5/c1-23-17(11-13-7-9-14(22)10-8-13)20(26)24(2)18(21(23)27)12-15-16(25(28)29)5-4-6-19(15)30-3/h4-10,12,17H,11H2,1-3H3/b18-12+. The number of methoxy groups -OCH3 is 1. The average molecular weight is 413 g/mol. The minimum Gasteiger partial charge on any atom is -0.496 e. The smallest absolute Gasteiger partial charge is 0.280 e. The number of piperazine rings is 1. The number of likely N-dealkylation sites (N-methyl/N-ethyl adjacent to an activating group) is 2. The van der Waals surface area contributed by atoms with Crippen molar-refractivity contribution in [1.29, 1.82) is 0 Å². The van der Waals surface area contributed by atoms with Crippen molar-refractivity contribution in [3.8, 4) is 5.75 Å². The molecule has 1 atom stereocenters. The molecule has 9 heteroatoms. The molecule has 1 aliphatic heterocycles. The fraction of sp³-hybridized carbons (Fsp3) is 0.238. The molecule has 0 bridgehead atoms. The molecule has 3 rings (SSSR count). The molecule has 1 fully saturated rings. The Balaban J connectivity index is 1.98. The van der Waals surface area contributed by atoms with Crippen LogP contribution in [0, 0.1) is 15.9 Å². The van der Waals surface area contributed by atoms with Gasteiger partial charge in [0, 0.05) is 26.6 Å². The van der Waals surface area contributed by atoms with Crippen LogP contribution in [-0.2, 0) is 16.0 Å². The summed E-state index contributed by atoms with van der Waals surface area (Å²) in [4.78, 5) is 39.3. The molecule has 0 saturated carbocycles. The molecule has 0 N–H and O–H groups in total. The van der Waals surface area contributed by atoms with E-state index in [-0.39, 0.29) is 40.8 Å². The minimum absolute atomic E-state index is 0.00884. The van der Waals surface area contributed by atoms with E-state index in [0.29, 0.717) is 5.56 Å². The predicted molar refractivity (Wildman–Crippen MR) is 107 cm³/mol. The third kappa shape index (κ3) is 3.86. The number of nitro benzene ring substituents is 1. The van der Waals surface area contributed by atoms with Crippen LogP contribution >= 0.6 is 0 Å². The average Bonchev–Trinajstić information content (AvgIpc) is 2.74. The van der Waals surface area contributed by atoms with Crippen LogP contribution in [-0.4, -0.2) is 53.8 Å². The van der Waals surface area contributed by atoms with Gasteiger partial charge in [0.1, 0.15) is 23.3 Å². The molecule has 2 aromatic carbocycles. The van der Waals surface area contributed by atoms with Gasteiger partial charge in [-0.15, -0.1) is 0 Å². The largest absolute Gasteiger partial charge is 0.496 e. The number of carbonyl (C=O) groups excluding carboxylic acids is 2. The first-order chi connectivity index (χ1) is 14.2. The summed E-state index contributed by atoms with van der Waals surface area (Å²) >= 11 is 0. The molecule has 30 heavy (non-hydrogen) atoms. The van der Waals surface area contributed by atoms with Crippen molar-refractivity contribution in [2.75, 3.05) is 21.2 Å². The van der Waals surface area contributed by atoms with E-state index in [0.717, 1.165) is 0 Å². The third-order valence-electron chi connectivity index (χ3n) is 5.07. The van der Waals surface area contributed by atoms with E-state index >= 15 is 0 Å². The minimum atomic E-state index is -0.780. The fourth-order valence-corrected chi connectivity index (χ4v) is 3.35. The maximum Gasteiger partial charge on any atom is 0.280 e. The van der Waals surface area contributed by atoms with Crippen LogP contribution in [0.4, 0.5) is 10.1 Å². The first-order valence-corrected chi connectivity index (χ1v) is 9.07. The normalized spacial score (nSPS) is 18.1. The van der Waals surface area contributed by atoms with Crippen molar-refractivity contribution in [1.82, 2.24) is 9.80 Å². The second-order valence-corrected chi connectivity index (χ2v) is 6.84. The highest BCUT2D eigenvalue weighted by Gasteiger charge is 2.39. The highest BCUT2D eigenvalue weighted by molar-refractivity contribution is 6.07. The Hall–Kier alpha value is -3.75. The van der Waals surface area contributed by atoms with Crippen LogP contribution in [0.1, 0.15) is 11.1 Å². The number of benzene rings is 2. The quantitative estimate of drug-likeness (QED) is 0.427. The molecular weight excluding hydrogens is 393 g/mol. The van der Waals surface area contributed by atoms with E-state index in [2.05, 4.69) is 0 Å². The maximum absolute atomic E-state index is 13.1. The van der Waals surface area contributed by atoms with Crippen molar-refractivity contribution >= 4 is 23.6 Å². The highest BCUT2D eigenvalue weighted by Crippen LogP contribution is 2.32. The summed E-state index contributed by atoms with van der Waals surface area (Å²) < 4.78 is 18.4. The summed E-state index contributed by atoms with van der Waals surface area (Å²) in [5.41, 5.74) is 0.547. The van der Waals surface area contributed by atoms with Crippen molar-refractivity contribution in [2.45, 2.75) is 12.5 Å². The highest BCUT2D eigenvalue weighted by atomic mass is 19.1. The Morgan fingerprint density at radius 1 is 1.17 bits per heavy atom. The molecule has 1 aliphatic rings. The molecule has 2 aromatic rings. The summed E-state index contributed by atoms with van der Waals surface area (Å²) in [5.74, 6) is -1.00. The Kier molecular flexibility index (Phi) is 5.81. The van der Waals surface area contributed by atoms with E-state index in [1.165, 1.54) is 67.4 Å². The van der Waals surface area contributed by atoms with E-state index in [9.17, 15) is 24.1 Å². The van der Waals surface area contributed by atoms with E-state index < -0.39 is 16.9 Å². The lowest BCUT2D eigenvalue weighted by Crippen LogP contribution is -2.56. The zero-order valence-corrected chi connectivity index (χ0v) is 16.7. The number of halogens is 1. The third-order valence-corrected chi connectivity index (χ3v) is 5.07. The van der Waals surface area contributed by atoms with Crippen molar-refractivity contribution < 1.29 is 23.6 Å². The van der Waals surface area contributed by atoms with E-state index in [1.807, 2.05) is 0 Å². The number of carbonyl (C=O) groups is 2. The fourth-order valence-electron chi connectivity index (χ4n) is 3.35. The van der Waals surface area contributed by atoms with Gasteiger partial charge in [-0.1, -0.05) is 18.2 Å². The molecule has 0 radical (unpaired) electrons. The number of nitrogens with zero attached hydrogens (tertiary/aromatic N) is 3. The zero-order valence-electron chi connectivity index (χ0n) is 16.7. The predicted octanol–water partition coefficient (Wildman–Crippen LogP) is 2.63. The molecule has 156 valence electrons. The number of ether oxygens (including phenoxy) is 1. The maximum atomic E-state index is 13.1. The Morgan fingerprint density at radius 2 is 1.83 bits per heavy atom. The molecule has 0 aromatic heterocycles. The molecule has 0 aliphatic carbocycles. The second-order valence-electron chi connectivity index (χ2n) is 6.84. The first kappa shape index (κ1) is 21.0. The van der Waals surface area contributed by atoms with Crippen molar-refractivity contribution in [2.24, 2.45) is 0 Å². The molecule has 2 amide bonds. The lowest BCUT2D eigenvalue weighted by Gasteiger charge is -2.38. The Labute approximate surface area is 172 Å². The summed E-state index contributed by atoms with van der Waals surface area (Å²) in [6.07, 6.45) is 1.51. The van der Waals surface area contributed by atoms with Gasteiger partial charge in [0.05, 0.1) is 17.6 Å². The van der Waals surface area contributed by atoms with Crippen LogP contribution in [0.2, 0.25) is 0 Å². The SMILES string of the molecule is COc1cccc([N+](=O)[O-])c1/C=C1\C(=O)N(C)C(Cc2ccc(F)cc2)C(=O)N1C. The molecular formula is C21H20FN3O5. The van der Waals surface area contributed by atoms with E-state index in [1.54, 1.807) is 12.1 Å². The topological polar surface area (TPSA) is 93.0 Å². The number of amides is 2. The van der Waals surface area contributed by atoms with Crippen LogP contribution in [0.25, 0.3) is 6.08 Å². The van der Waals surface area contributed by atoms with Crippen LogP contribution in [0.5, 0.6) is 5.75 Å². The summed E-state index contributed by atoms with van der Waals surface area (Å²) in [6.45, 7) is 0. The number of nitro groups is 1. The van der Waals surface area contributed by atoms with Gasteiger partial charge in [-0.05, 0) is 29.8 Å².